The topological polar surface area (TPSA) is 87.6 Å². The lowest BCUT2D eigenvalue weighted by molar-refractivity contribution is 0.0697. The van der Waals surface area contributed by atoms with Crippen molar-refractivity contribution in [2.75, 3.05) is 39.0 Å². The number of hydrogen-bond acceptors (Lipinski definition) is 5. The molecule has 2 heterocycles. The zero-order chi connectivity index (χ0) is 20.4. The van der Waals surface area contributed by atoms with Gasteiger partial charge in [-0.05, 0) is 36.9 Å². The third-order valence-corrected chi connectivity index (χ3v) is 5.38. The lowest BCUT2D eigenvalue weighted by atomic mass is 10.0. The molecule has 3 aromatic rings. The molecule has 1 aliphatic rings. The van der Waals surface area contributed by atoms with E-state index >= 15 is 0 Å². The lowest BCUT2D eigenvalue weighted by Crippen LogP contribution is -2.44. The van der Waals surface area contributed by atoms with E-state index in [0.29, 0.717) is 5.82 Å². The zero-order valence-electron chi connectivity index (χ0n) is 16.5. The number of piperazine rings is 1. The van der Waals surface area contributed by atoms with E-state index < -0.39 is 5.97 Å². The number of aromatic nitrogens is 2. The maximum atomic E-state index is 11.1. The Morgan fingerprint density at radius 2 is 1.69 bits per heavy atom. The van der Waals surface area contributed by atoms with Gasteiger partial charge in [0.05, 0.1) is 16.9 Å². The first-order valence-corrected chi connectivity index (χ1v) is 9.70. The van der Waals surface area contributed by atoms with Crippen LogP contribution >= 0.6 is 0 Å². The highest BCUT2D eigenvalue weighted by Crippen LogP contribution is 2.32. The van der Waals surface area contributed by atoms with Gasteiger partial charge in [-0.3, -0.25) is 4.90 Å². The molecule has 1 aromatic heterocycles. The average Bonchev–Trinajstić information content (AvgIpc) is 3.06. The molecular weight excluding hydrogens is 366 g/mol. The van der Waals surface area contributed by atoms with Gasteiger partial charge in [-0.2, -0.15) is 5.10 Å². The Labute approximate surface area is 170 Å². The number of nitrogens with two attached hydrogens (primary N) is 1. The van der Waals surface area contributed by atoms with Crippen molar-refractivity contribution in [3.63, 3.8) is 0 Å². The maximum Gasteiger partial charge on any atom is 0.335 e. The van der Waals surface area contributed by atoms with E-state index in [1.54, 1.807) is 28.9 Å². The van der Waals surface area contributed by atoms with Gasteiger partial charge >= 0.3 is 5.97 Å². The van der Waals surface area contributed by atoms with E-state index in [0.717, 1.165) is 55.2 Å². The number of nitrogens with zero attached hydrogens (tertiary/aromatic N) is 4. The van der Waals surface area contributed by atoms with Crippen LogP contribution in [0.4, 0.5) is 5.82 Å². The highest BCUT2D eigenvalue weighted by molar-refractivity contribution is 5.87. The Balaban J connectivity index is 1.73. The summed E-state index contributed by atoms with van der Waals surface area (Å²) in [5.74, 6) is -0.394. The Morgan fingerprint density at radius 3 is 2.31 bits per heavy atom. The minimum absolute atomic E-state index is 0.237. The van der Waals surface area contributed by atoms with Crippen LogP contribution in [-0.4, -0.2) is 63.9 Å². The second kappa shape index (κ2) is 8.06. The standard InChI is InChI=1S/C22H25N5O2/c1-25-11-13-26(14-12-25)15-19-20(16-5-3-2-4-6-16)21(23)27(24-19)18-9-7-17(8-10-18)22(28)29/h2-10H,11-15,23H2,1H3,(H,28,29). The van der Waals surface area contributed by atoms with Crippen LogP contribution < -0.4 is 5.73 Å². The summed E-state index contributed by atoms with van der Waals surface area (Å²) in [6.45, 7) is 4.78. The third kappa shape index (κ3) is 4.01. The largest absolute Gasteiger partial charge is 0.478 e. The van der Waals surface area contributed by atoms with Crippen molar-refractivity contribution in [1.29, 1.82) is 0 Å². The molecule has 150 valence electrons. The van der Waals surface area contributed by atoms with Gasteiger partial charge in [-0.25, -0.2) is 9.48 Å². The predicted molar refractivity (Wildman–Crippen MR) is 113 cm³/mol. The van der Waals surface area contributed by atoms with E-state index in [4.69, 9.17) is 15.9 Å². The molecule has 0 spiro atoms. The molecule has 0 unspecified atom stereocenters. The van der Waals surface area contributed by atoms with Crippen molar-refractivity contribution in [1.82, 2.24) is 19.6 Å². The first kappa shape index (κ1) is 19.2. The molecule has 0 saturated carbocycles. The number of carbonyl (C=O) groups is 1. The van der Waals surface area contributed by atoms with Crippen LogP contribution in [0.15, 0.2) is 54.6 Å². The molecule has 7 heteroatoms. The maximum absolute atomic E-state index is 11.1. The van der Waals surface area contributed by atoms with Crippen LogP contribution in [0.3, 0.4) is 0 Å². The number of carboxylic acid groups (broad SMARTS) is 1. The molecule has 0 bridgehead atoms. The second-order valence-corrected chi connectivity index (χ2v) is 7.42. The molecule has 1 fully saturated rings. The van der Waals surface area contributed by atoms with E-state index in [2.05, 4.69) is 16.8 Å². The monoisotopic (exact) mass is 391 g/mol. The number of aromatic carboxylic acids is 1. The van der Waals surface area contributed by atoms with Gasteiger partial charge in [0.15, 0.2) is 0 Å². The number of nitrogen functional groups attached to an aromatic ring is 1. The normalized spacial score (nSPS) is 15.5. The van der Waals surface area contributed by atoms with Gasteiger partial charge in [0.1, 0.15) is 5.82 Å². The van der Waals surface area contributed by atoms with Crippen molar-refractivity contribution in [3.05, 3.63) is 65.9 Å². The summed E-state index contributed by atoms with van der Waals surface area (Å²) in [5.41, 5.74) is 10.4. The van der Waals surface area contributed by atoms with E-state index in [9.17, 15) is 4.79 Å². The number of carboxylic acids is 1. The lowest BCUT2D eigenvalue weighted by Gasteiger charge is -2.32. The molecule has 4 rings (SSSR count). The van der Waals surface area contributed by atoms with Gasteiger partial charge in [0.2, 0.25) is 0 Å². The SMILES string of the molecule is CN1CCN(Cc2nn(-c3ccc(C(=O)O)cc3)c(N)c2-c2ccccc2)CC1. The van der Waals surface area contributed by atoms with Crippen LogP contribution in [0.5, 0.6) is 0 Å². The highest BCUT2D eigenvalue weighted by Gasteiger charge is 2.22. The average molecular weight is 391 g/mol. The van der Waals surface area contributed by atoms with Crippen molar-refractivity contribution in [2.24, 2.45) is 0 Å². The zero-order valence-corrected chi connectivity index (χ0v) is 16.5. The summed E-state index contributed by atoms with van der Waals surface area (Å²) >= 11 is 0. The third-order valence-electron chi connectivity index (χ3n) is 5.38. The van der Waals surface area contributed by atoms with E-state index in [1.165, 1.54) is 0 Å². The fourth-order valence-corrected chi connectivity index (χ4v) is 3.67. The first-order valence-electron chi connectivity index (χ1n) is 9.70. The first-order chi connectivity index (χ1) is 14.0. The van der Waals surface area contributed by atoms with E-state index in [1.807, 2.05) is 30.3 Å². The second-order valence-electron chi connectivity index (χ2n) is 7.42. The van der Waals surface area contributed by atoms with Gasteiger partial charge in [0.25, 0.3) is 0 Å². The van der Waals surface area contributed by atoms with Crippen LogP contribution in [0.25, 0.3) is 16.8 Å². The Hall–Kier alpha value is -3.16. The molecule has 0 atom stereocenters. The number of rotatable bonds is 5. The van der Waals surface area contributed by atoms with Gasteiger partial charge in [-0.15, -0.1) is 0 Å². The fourth-order valence-electron chi connectivity index (χ4n) is 3.67. The van der Waals surface area contributed by atoms with Gasteiger partial charge in [0, 0.05) is 38.3 Å². The van der Waals surface area contributed by atoms with Crippen LogP contribution in [0.2, 0.25) is 0 Å². The molecule has 0 amide bonds. The smallest absolute Gasteiger partial charge is 0.335 e. The highest BCUT2D eigenvalue weighted by atomic mass is 16.4. The fraction of sp³-hybridized carbons (Fsp3) is 0.273. The number of anilines is 1. The summed E-state index contributed by atoms with van der Waals surface area (Å²) in [4.78, 5) is 15.9. The molecule has 0 aliphatic carbocycles. The molecule has 3 N–H and O–H groups in total. The number of benzene rings is 2. The van der Waals surface area contributed by atoms with Gasteiger partial charge in [-0.1, -0.05) is 30.3 Å². The van der Waals surface area contributed by atoms with Gasteiger partial charge < -0.3 is 15.7 Å². The van der Waals surface area contributed by atoms with Crippen LogP contribution in [0, 0.1) is 0 Å². The molecule has 1 aliphatic heterocycles. The van der Waals surface area contributed by atoms with E-state index in [-0.39, 0.29) is 5.56 Å². The summed E-state index contributed by atoms with van der Waals surface area (Å²) in [6.07, 6.45) is 0. The number of hydrogen-bond donors (Lipinski definition) is 2. The minimum Gasteiger partial charge on any atom is -0.478 e. The van der Waals surface area contributed by atoms with Crippen LogP contribution in [-0.2, 0) is 6.54 Å². The van der Waals surface area contributed by atoms with Crippen molar-refractivity contribution in [2.45, 2.75) is 6.54 Å². The Morgan fingerprint density at radius 1 is 1.03 bits per heavy atom. The molecule has 29 heavy (non-hydrogen) atoms. The van der Waals surface area contributed by atoms with Crippen molar-refractivity contribution in [3.8, 4) is 16.8 Å². The summed E-state index contributed by atoms with van der Waals surface area (Å²) < 4.78 is 1.71. The summed E-state index contributed by atoms with van der Waals surface area (Å²) in [5, 5.41) is 14.0. The Kier molecular flexibility index (Phi) is 5.33. The molecule has 2 aromatic carbocycles. The molecule has 1 saturated heterocycles. The summed E-state index contributed by atoms with van der Waals surface area (Å²) in [7, 11) is 2.14. The number of likely N-dealkylation sites (N-methyl/N-ethyl adjacent to an activating group) is 1. The van der Waals surface area contributed by atoms with Crippen LogP contribution in [0.1, 0.15) is 16.1 Å². The quantitative estimate of drug-likeness (QED) is 0.695. The Bertz CT molecular complexity index is 990. The summed E-state index contributed by atoms with van der Waals surface area (Å²) in [6, 6.07) is 16.7. The molecule has 7 nitrogen and oxygen atoms in total. The van der Waals surface area contributed by atoms with Crippen molar-refractivity contribution >= 4 is 11.8 Å². The molecule has 0 radical (unpaired) electrons. The minimum atomic E-state index is -0.953. The molecular formula is C22H25N5O2. The van der Waals surface area contributed by atoms with Crippen molar-refractivity contribution < 1.29 is 9.90 Å². The predicted octanol–water partition coefficient (Wildman–Crippen LogP) is 2.57.